The molecule has 0 amide bonds. The Labute approximate surface area is 102 Å². The highest BCUT2D eigenvalue weighted by atomic mass is 16.5. The van der Waals surface area contributed by atoms with E-state index in [2.05, 4.69) is 0 Å². The highest BCUT2D eigenvalue weighted by molar-refractivity contribution is 5.44. The van der Waals surface area contributed by atoms with E-state index in [-0.39, 0.29) is 12.1 Å². The van der Waals surface area contributed by atoms with Crippen LogP contribution < -0.4 is 15.2 Å². The largest absolute Gasteiger partial charge is 0.493 e. The monoisotopic (exact) mass is 239 g/mol. The zero-order valence-corrected chi connectivity index (χ0v) is 10.9. The molecule has 17 heavy (non-hydrogen) atoms. The van der Waals surface area contributed by atoms with E-state index < -0.39 is 6.10 Å². The number of hydrogen-bond acceptors (Lipinski definition) is 4. The maximum absolute atomic E-state index is 9.65. The first-order chi connectivity index (χ1) is 7.87. The molecule has 1 aromatic carbocycles. The molecule has 0 aliphatic carbocycles. The predicted octanol–water partition coefficient (Wildman–Crippen LogP) is 1.86. The van der Waals surface area contributed by atoms with E-state index in [1.54, 1.807) is 25.3 Å². The van der Waals surface area contributed by atoms with Gasteiger partial charge in [0.15, 0.2) is 11.5 Å². The molecule has 0 saturated carbocycles. The summed E-state index contributed by atoms with van der Waals surface area (Å²) >= 11 is 0. The Hall–Kier alpha value is -1.26. The Morgan fingerprint density at radius 3 is 2.41 bits per heavy atom. The van der Waals surface area contributed by atoms with E-state index >= 15 is 0 Å². The molecule has 0 unspecified atom stereocenters. The van der Waals surface area contributed by atoms with Crippen LogP contribution >= 0.6 is 0 Å². The molecule has 0 saturated heterocycles. The first-order valence-corrected chi connectivity index (χ1v) is 5.62. The number of aliphatic hydroxyl groups is 1. The summed E-state index contributed by atoms with van der Waals surface area (Å²) in [6.45, 7) is 6.09. The molecule has 0 aliphatic heterocycles. The Kier molecular flexibility index (Phi) is 4.37. The lowest BCUT2D eigenvalue weighted by molar-refractivity contribution is 0.125. The SMILES string of the molecule is COc1cc([C@@H](O)CN)ccc1OC(C)(C)C. The molecule has 0 aromatic heterocycles. The summed E-state index contributed by atoms with van der Waals surface area (Å²) in [5.74, 6) is 1.26. The van der Waals surface area contributed by atoms with Gasteiger partial charge in [-0.1, -0.05) is 6.07 Å². The zero-order valence-electron chi connectivity index (χ0n) is 10.9. The first kappa shape index (κ1) is 13.8. The average Bonchev–Trinajstić information content (AvgIpc) is 2.26. The van der Waals surface area contributed by atoms with Gasteiger partial charge in [0.25, 0.3) is 0 Å². The summed E-state index contributed by atoms with van der Waals surface area (Å²) in [6.07, 6.45) is -0.674. The van der Waals surface area contributed by atoms with E-state index in [0.29, 0.717) is 11.5 Å². The summed E-state index contributed by atoms with van der Waals surface area (Å²) in [6, 6.07) is 5.33. The second kappa shape index (κ2) is 5.38. The maximum Gasteiger partial charge on any atom is 0.161 e. The molecule has 4 heteroatoms. The van der Waals surface area contributed by atoms with Crippen LogP contribution in [0.4, 0.5) is 0 Å². The van der Waals surface area contributed by atoms with E-state index in [0.717, 1.165) is 5.56 Å². The van der Waals surface area contributed by atoms with E-state index in [1.807, 2.05) is 20.8 Å². The van der Waals surface area contributed by atoms with Gasteiger partial charge >= 0.3 is 0 Å². The summed E-state index contributed by atoms with van der Waals surface area (Å²) < 4.78 is 11.0. The van der Waals surface area contributed by atoms with Crippen molar-refractivity contribution in [2.45, 2.75) is 32.5 Å². The molecule has 4 nitrogen and oxygen atoms in total. The van der Waals surface area contributed by atoms with Gasteiger partial charge in [0, 0.05) is 6.54 Å². The van der Waals surface area contributed by atoms with Gasteiger partial charge in [-0.2, -0.15) is 0 Å². The Morgan fingerprint density at radius 1 is 1.29 bits per heavy atom. The highest BCUT2D eigenvalue weighted by Crippen LogP contribution is 2.32. The smallest absolute Gasteiger partial charge is 0.161 e. The fraction of sp³-hybridized carbons (Fsp3) is 0.538. The van der Waals surface area contributed by atoms with Crippen molar-refractivity contribution in [2.75, 3.05) is 13.7 Å². The van der Waals surface area contributed by atoms with Gasteiger partial charge in [-0.3, -0.25) is 0 Å². The van der Waals surface area contributed by atoms with E-state index in [9.17, 15) is 5.11 Å². The van der Waals surface area contributed by atoms with Crippen molar-refractivity contribution in [3.8, 4) is 11.5 Å². The van der Waals surface area contributed by atoms with Crippen LogP contribution in [0.1, 0.15) is 32.4 Å². The molecule has 0 aliphatic rings. The van der Waals surface area contributed by atoms with Crippen LogP contribution in [-0.4, -0.2) is 24.4 Å². The summed E-state index contributed by atoms with van der Waals surface area (Å²) in [5, 5.41) is 9.65. The molecule has 0 heterocycles. The van der Waals surface area contributed by atoms with Gasteiger partial charge < -0.3 is 20.3 Å². The molecule has 3 N–H and O–H groups in total. The minimum atomic E-state index is -0.674. The number of benzene rings is 1. The normalized spacial score (nSPS) is 13.3. The Bertz CT molecular complexity index is 371. The van der Waals surface area contributed by atoms with Crippen molar-refractivity contribution in [1.29, 1.82) is 0 Å². The third-order valence-electron chi connectivity index (χ3n) is 2.21. The molecule has 0 spiro atoms. The molecule has 0 radical (unpaired) electrons. The average molecular weight is 239 g/mol. The predicted molar refractivity (Wildman–Crippen MR) is 67.4 cm³/mol. The van der Waals surface area contributed by atoms with Crippen LogP contribution in [0.15, 0.2) is 18.2 Å². The minimum absolute atomic E-state index is 0.183. The van der Waals surface area contributed by atoms with Gasteiger partial charge in [-0.05, 0) is 38.5 Å². The number of ether oxygens (including phenoxy) is 2. The topological polar surface area (TPSA) is 64.7 Å². The summed E-state index contributed by atoms with van der Waals surface area (Å²) in [7, 11) is 1.57. The van der Waals surface area contributed by atoms with Crippen LogP contribution in [-0.2, 0) is 0 Å². The lowest BCUT2D eigenvalue weighted by Gasteiger charge is -2.23. The second-order valence-corrected chi connectivity index (χ2v) is 4.88. The Balaban J connectivity index is 3.01. The van der Waals surface area contributed by atoms with Crippen molar-refractivity contribution in [1.82, 2.24) is 0 Å². The minimum Gasteiger partial charge on any atom is -0.493 e. The van der Waals surface area contributed by atoms with Crippen molar-refractivity contribution < 1.29 is 14.6 Å². The molecular weight excluding hydrogens is 218 g/mol. The third kappa shape index (κ3) is 3.91. The van der Waals surface area contributed by atoms with E-state index in [1.165, 1.54) is 0 Å². The lowest BCUT2D eigenvalue weighted by atomic mass is 10.1. The number of hydrogen-bond donors (Lipinski definition) is 2. The van der Waals surface area contributed by atoms with Crippen LogP contribution in [0.3, 0.4) is 0 Å². The fourth-order valence-electron chi connectivity index (χ4n) is 1.44. The fourth-order valence-corrected chi connectivity index (χ4v) is 1.44. The number of methoxy groups -OCH3 is 1. The highest BCUT2D eigenvalue weighted by Gasteiger charge is 2.16. The lowest BCUT2D eigenvalue weighted by Crippen LogP contribution is -2.23. The zero-order chi connectivity index (χ0) is 13.1. The summed E-state index contributed by atoms with van der Waals surface area (Å²) in [4.78, 5) is 0. The van der Waals surface area contributed by atoms with Crippen LogP contribution in [0.25, 0.3) is 0 Å². The van der Waals surface area contributed by atoms with Gasteiger partial charge in [0.05, 0.1) is 13.2 Å². The number of rotatable bonds is 4. The second-order valence-electron chi connectivity index (χ2n) is 4.88. The molecule has 96 valence electrons. The molecule has 1 aromatic rings. The number of nitrogens with two attached hydrogens (primary N) is 1. The number of aliphatic hydroxyl groups excluding tert-OH is 1. The van der Waals surface area contributed by atoms with Crippen LogP contribution in [0.5, 0.6) is 11.5 Å². The third-order valence-corrected chi connectivity index (χ3v) is 2.21. The molecule has 0 bridgehead atoms. The van der Waals surface area contributed by atoms with Gasteiger partial charge in [-0.25, -0.2) is 0 Å². The van der Waals surface area contributed by atoms with Crippen molar-refractivity contribution >= 4 is 0 Å². The van der Waals surface area contributed by atoms with Crippen molar-refractivity contribution in [3.63, 3.8) is 0 Å². The summed E-state index contributed by atoms with van der Waals surface area (Å²) in [5.41, 5.74) is 5.85. The van der Waals surface area contributed by atoms with Crippen LogP contribution in [0.2, 0.25) is 0 Å². The van der Waals surface area contributed by atoms with Crippen molar-refractivity contribution in [3.05, 3.63) is 23.8 Å². The first-order valence-electron chi connectivity index (χ1n) is 5.62. The van der Waals surface area contributed by atoms with Gasteiger partial charge in [0.2, 0.25) is 0 Å². The maximum atomic E-state index is 9.65. The van der Waals surface area contributed by atoms with Gasteiger partial charge in [-0.15, -0.1) is 0 Å². The molecule has 0 fully saturated rings. The molecule has 1 rings (SSSR count). The van der Waals surface area contributed by atoms with E-state index in [4.69, 9.17) is 15.2 Å². The van der Waals surface area contributed by atoms with Crippen LogP contribution in [0, 0.1) is 0 Å². The molecular formula is C13H21NO3. The molecule has 1 atom stereocenters. The van der Waals surface area contributed by atoms with Crippen molar-refractivity contribution in [2.24, 2.45) is 5.73 Å². The Morgan fingerprint density at radius 2 is 1.94 bits per heavy atom. The standard InChI is InChI=1S/C13H21NO3/c1-13(2,3)17-11-6-5-9(10(15)8-14)7-12(11)16-4/h5-7,10,15H,8,14H2,1-4H3/t10-/m0/s1. The quantitative estimate of drug-likeness (QED) is 0.841. The van der Waals surface area contributed by atoms with Gasteiger partial charge in [0.1, 0.15) is 5.60 Å².